The highest BCUT2D eigenvalue weighted by molar-refractivity contribution is 5.91. The minimum Gasteiger partial charge on any atom is -0.466 e. The number of hydrogen-bond acceptors (Lipinski definition) is 10. The van der Waals surface area contributed by atoms with Crippen molar-refractivity contribution in [1.29, 1.82) is 0 Å². The molecule has 0 unspecified atom stereocenters. The zero-order chi connectivity index (χ0) is 36.2. The van der Waals surface area contributed by atoms with Crippen LogP contribution in [0.1, 0.15) is 51.5 Å². The topological polar surface area (TPSA) is 113 Å². The van der Waals surface area contributed by atoms with Gasteiger partial charge < -0.3 is 24.3 Å². The van der Waals surface area contributed by atoms with Crippen LogP contribution in [0.3, 0.4) is 0 Å². The molecular formula is C36H44F4N8O3. The van der Waals surface area contributed by atoms with Crippen molar-refractivity contribution >= 4 is 28.6 Å². The van der Waals surface area contributed by atoms with Crippen LogP contribution < -0.4 is 9.80 Å². The molecule has 1 aliphatic carbocycles. The summed E-state index contributed by atoms with van der Waals surface area (Å²) in [5.74, 6) is -0.0915. The van der Waals surface area contributed by atoms with Gasteiger partial charge in [0.2, 0.25) is 0 Å². The van der Waals surface area contributed by atoms with Gasteiger partial charge in [0.25, 0.3) is 0 Å². The number of anilines is 2. The van der Waals surface area contributed by atoms with Crippen molar-refractivity contribution in [3.63, 3.8) is 0 Å². The van der Waals surface area contributed by atoms with Crippen molar-refractivity contribution in [2.24, 2.45) is 5.41 Å². The summed E-state index contributed by atoms with van der Waals surface area (Å²) in [5, 5.41) is 0. The summed E-state index contributed by atoms with van der Waals surface area (Å²) in [4.78, 5) is 40.1. The van der Waals surface area contributed by atoms with E-state index in [1.807, 2.05) is 14.0 Å². The van der Waals surface area contributed by atoms with Gasteiger partial charge in [-0.3, -0.25) is 9.69 Å². The first-order chi connectivity index (χ1) is 24.5. The van der Waals surface area contributed by atoms with Gasteiger partial charge in [0.15, 0.2) is 11.5 Å². The van der Waals surface area contributed by atoms with Crippen LogP contribution in [0.25, 0.3) is 33.9 Å². The summed E-state index contributed by atoms with van der Waals surface area (Å²) in [7, 11) is 1.93. The van der Waals surface area contributed by atoms with Gasteiger partial charge in [-0.2, -0.15) is 13.2 Å². The fraction of sp³-hybridized carbons (Fsp3) is 0.528. The monoisotopic (exact) mass is 712 g/mol. The molecule has 0 bridgehead atoms. The Labute approximate surface area is 294 Å². The Morgan fingerprint density at radius 2 is 1.75 bits per heavy atom. The molecule has 51 heavy (non-hydrogen) atoms. The Kier molecular flexibility index (Phi) is 11.1. The summed E-state index contributed by atoms with van der Waals surface area (Å²) in [6.07, 6.45) is 3.13. The third kappa shape index (κ3) is 8.58. The smallest absolute Gasteiger partial charge is 0.416 e. The fourth-order valence-corrected chi connectivity index (χ4v) is 7.11. The van der Waals surface area contributed by atoms with Crippen molar-refractivity contribution in [3.05, 3.63) is 48.0 Å². The van der Waals surface area contributed by atoms with E-state index in [4.69, 9.17) is 14.5 Å². The molecule has 274 valence electrons. The number of benzene rings is 1. The number of aromatic amines is 1. The summed E-state index contributed by atoms with van der Waals surface area (Å²) >= 11 is 0. The van der Waals surface area contributed by atoms with Gasteiger partial charge in [0.05, 0.1) is 49.0 Å². The van der Waals surface area contributed by atoms with E-state index in [1.54, 1.807) is 25.4 Å². The molecule has 1 aliphatic heterocycles. The van der Waals surface area contributed by atoms with E-state index < -0.39 is 17.6 Å². The van der Waals surface area contributed by atoms with Crippen LogP contribution in [0.2, 0.25) is 0 Å². The second-order valence-corrected chi connectivity index (χ2v) is 13.4. The molecule has 1 N–H and O–H groups in total. The Hall–Kier alpha value is -4.37. The lowest BCUT2D eigenvalue weighted by Gasteiger charge is -2.35. The van der Waals surface area contributed by atoms with Crippen LogP contribution in [-0.4, -0.2) is 102 Å². The number of halogens is 4. The summed E-state index contributed by atoms with van der Waals surface area (Å²) < 4.78 is 66.5. The molecule has 1 saturated heterocycles. The molecule has 6 rings (SSSR count). The number of imidazole rings is 1. The molecule has 15 heteroatoms. The average molecular weight is 713 g/mol. The van der Waals surface area contributed by atoms with E-state index in [1.165, 1.54) is 0 Å². The number of H-pyrrole nitrogens is 1. The first kappa shape index (κ1) is 36.4. The van der Waals surface area contributed by atoms with Crippen LogP contribution in [-0.2, 0) is 20.4 Å². The Bertz CT molecular complexity index is 1800. The lowest BCUT2D eigenvalue weighted by Crippen LogP contribution is -2.47. The minimum atomic E-state index is -4.73. The number of ether oxygens (including phenoxy) is 2. The third-order valence-electron chi connectivity index (χ3n) is 9.74. The number of piperazine rings is 1. The highest BCUT2D eigenvalue weighted by Crippen LogP contribution is 2.41. The van der Waals surface area contributed by atoms with Gasteiger partial charge in [0, 0.05) is 63.9 Å². The number of fused-ring (bicyclic) bond motifs is 1. The van der Waals surface area contributed by atoms with Crippen LogP contribution in [0, 0.1) is 11.2 Å². The first-order valence-corrected chi connectivity index (χ1v) is 17.5. The molecule has 2 fully saturated rings. The number of carbonyl (C=O) groups is 1. The number of nitrogens with one attached hydrogen (secondary N) is 1. The maximum atomic E-state index is 14.5. The number of carbonyl (C=O) groups excluding carboxylic acids is 1. The van der Waals surface area contributed by atoms with Gasteiger partial charge in [-0.25, -0.2) is 24.3 Å². The molecular weight excluding hydrogens is 668 g/mol. The molecule has 0 spiro atoms. The molecule has 4 heterocycles. The van der Waals surface area contributed by atoms with E-state index in [2.05, 4.69) is 34.6 Å². The normalized spacial score (nSPS) is 16.6. The van der Waals surface area contributed by atoms with Crippen LogP contribution >= 0.6 is 0 Å². The molecule has 2 aliphatic rings. The highest BCUT2D eigenvalue weighted by atomic mass is 19.4. The Morgan fingerprint density at radius 3 is 2.41 bits per heavy atom. The molecule has 1 saturated carbocycles. The van der Waals surface area contributed by atoms with Crippen molar-refractivity contribution in [2.45, 2.75) is 52.1 Å². The van der Waals surface area contributed by atoms with Gasteiger partial charge in [0.1, 0.15) is 22.8 Å². The Balaban J connectivity index is 1.28. The van der Waals surface area contributed by atoms with Gasteiger partial charge in [-0.1, -0.05) is 12.8 Å². The number of alkyl halides is 3. The van der Waals surface area contributed by atoms with Gasteiger partial charge in [-0.05, 0) is 51.0 Å². The number of hydrogen-bond donors (Lipinski definition) is 1. The molecule has 4 aromatic rings. The van der Waals surface area contributed by atoms with Crippen molar-refractivity contribution in [2.75, 3.05) is 75.9 Å². The number of rotatable bonds is 13. The highest BCUT2D eigenvalue weighted by Gasteiger charge is 2.36. The molecule has 11 nitrogen and oxygen atoms in total. The first-order valence-electron chi connectivity index (χ1n) is 17.5. The SMILES string of the molecule is CCOCC1(CN(C)c2cc(-c3cc(F)cc(C(F)(F)F)c3)nc3nc(-c4cnc(N5CCN(CCC(=O)OCC)CC5)cn4)[nH]c23)CCCC1. The van der Waals surface area contributed by atoms with Gasteiger partial charge in [-0.15, -0.1) is 0 Å². The van der Waals surface area contributed by atoms with Crippen LogP contribution in [0.4, 0.5) is 29.1 Å². The predicted octanol–water partition coefficient (Wildman–Crippen LogP) is 6.35. The summed E-state index contributed by atoms with van der Waals surface area (Å²) in [6.45, 7) is 9.64. The van der Waals surface area contributed by atoms with Crippen LogP contribution in [0.5, 0.6) is 0 Å². The lowest BCUT2D eigenvalue weighted by atomic mass is 9.86. The lowest BCUT2D eigenvalue weighted by molar-refractivity contribution is -0.143. The van der Waals surface area contributed by atoms with Gasteiger partial charge >= 0.3 is 12.1 Å². The molecule has 0 radical (unpaired) electrons. The van der Waals surface area contributed by atoms with Crippen molar-refractivity contribution in [3.8, 4) is 22.8 Å². The molecule has 0 atom stereocenters. The zero-order valence-electron chi connectivity index (χ0n) is 29.2. The maximum Gasteiger partial charge on any atom is 0.416 e. The second-order valence-electron chi connectivity index (χ2n) is 13.4. The van der Waals surface area contributed by atoms with E-state index in [9.17, 15) is 22.4 Å². The van der Waals surface area contributed by atoms with E-state index in [0.717, 1.165) is 64.0 Å². The van der Waals surface area contributed by atoms with E-state index in [-0.39, 0.29) is 28.3 Å². The van der Waals surface area contributed by atoms with Crippen molar-refractivity contribution < 1.29 is 31.8 Å². The van der Waals surface area contributed by atoms with E-state index >= 15 is 0 Å². The quantitative estimate of drug-likeness (QED) is 0.124. The summed E-state index contributed by atoms with van der Waals surface area (Å²) in [5.41, 5.74) is 0.967. The predicted molar refractivity (Wildman–Crippen MR) is 186 cm³/mol. The Morgan fingerprint density at radius 1 is 0.980 bits per heavy atom. The second kappa shape index (κ2) is 15.5. The number of esters is 1. The standard InChI is InChI=1S/C36H44F4N8O3/c1-4-50-23-35(9-6-7-10-35)22-46(3)29-19-27(24-16-25(36(38,39)40)18-26(37)17-24)43-34-32(29)44-33(45-34)28-20-42-30(21-41-28)48-14-12-47(13-15-48)11-8-31(49)51-5-2/h16-21H,4-15,22-23H2,1-3H3,(H,43,44,45). The average Bonchev–Trinajstić information content (AvgIpc) is 3.77. The third-order valence-corrected chi connectivity index (χ3v) is 9.74. The molecule has 1 aromatic carbocycles. The minimum absolute atomic E-state index is 0.00143. The van der Waals surface area contributed by atoms with Crippen LogP contribution in [0.15, 0.2) is 36.7 Å². The number of pyridine rings is 1. The summed E-state index contributed by atoms with van der Waals surface area (Å²) in [6, 6.07) is 4.13. The number of aromatic nitrogens is 5. The van der Waals surface area contributed by atoms with Crippen molar-refractivity contribution in [1.82, 2.24) is 29.8 Å². The fourth-order valence-electron chi connectivity index (χ4n) is 7.11. The largest absolute Gasteiger partial charge is 0.466 e. The zero-order valence-corrected chi connectivity index (χ0v) is 29.2. The molecule has 0 amide bonds. The molecule has 3 aromatic heterocycles. The van der Waals surface area contributed by atoms with E-state index in [0.29, 0.717) is 73.9 Å². The maximum absolute atomic E-state index is 14.5. The number of nitrogens with zero attached hydrogens (tertiary/aromatic N) is 7.